The summed E-state index contributed by atoms with van der Waals surface area (Å²) in [6.45, 7) is 7.42. The van der Waals surface area contributed by atoms with E-state index in [-0.39, 0.29) is 11.8 Å². The van der Waals surface area contributed by atoms with E-state index in [4.69, 9.17) is 5.84 Å². The molecule has 1 saturated heterocycles. The predicted octanol–water partition coefficient (Wildman–Crippen LogP) is 0.918. The summed E-state index contributed by atoms with van der Waals surface area (Å²) in [6.07, 6.45) is 1.22. The minimum atomic E-state index is -0.212. The van der Waals surface area contributed by atoms with Gasteiger partial charge in [-0.15, -0.1) is 0 Å². The summed E-state index contributed by atoms with van der Waals surface area (Å²) in [5.74, 6) is 4.81. The Morgan fingerprint density at radius 3 is 2.62 bits per heavy atom. The molecule has 0 saturated carbocycles. The maximum atomic E-state index is 11.5. The lowest BCUT2D eigenvalue weighted by Crippen LogP contribution is -2.33. The summed E-state index contributed by atoms with van der Waals surface area (Å²) in [4.78, 5) is 16.4. The van der Waals surface area contributed by atoms with Crippen molar-refractivity contribution in [3.05, 3.63) is 35.4 Å². The molecule has 5 nitrogen and oxygen atoms in total. The van der Waals surface area contributed by atoms with Crippen LogP contribution >= 0.6 is 0 Å². The van der Waals surface area contributed by atoms with E-state index in [2.05, 4.69) is 34.4 Å². The Hall–Kier alpha value is -1.43. The van der Waals surface area contributed by atoms with Gasteiger partial charge >= 0.3 is 0 Å². The number of nitrogens with zero attached hydrogens (tertiary/aromatic N) is 2. The molecule has 0 aromatic heterocycles. The molecule has 1 unspecified atom stereocenters. The van der Waals surface area contributed by atoms with Gasteiger partial charge in [-0.05, 0) is 44.6 Å². The Bertz CT molecular complexity index is 460. The molecule has 21 heavy (non-hydrogen) atoms. The van der Waals surface area contributed by atoms with Crippen molar-refractivity contribution in [2.75, 3.05) is 33.2 Å². The van der Waals surface area contributed by atoms with Crippen LogP contribution < -0.4 is 11.3 Å². The van der Waals surface area contributed by atoms with E-state index in [1.165, 1.54) is 18.5 Å². The first-order chi connectivity index (χ1) is 10.1. The smallest absolute Gasteiger partial charge is 0.241 e. The SMILES string of the molecule is CC(C(=O)NN)c1ccc(CN2CCCN(C)CC2)cc1. The van der Waals surface area contributed by atoms with Crippen LogP contribution in [0.3, 0.4) is 0 Å². The summed E-state index contributed by atoms with van der Waals surface area (Å²) >= 11 is 0. The fourth-order valence-electron chi connectivity index (χ4n) is 2.70. The second-order valence-electron chi connectivity index (χ2n) is 5.90. The highest BCUT2D eigenvalue weighted by molar-refractivity contribution is 5.82. The van der Waals surface area contributed by atoms with Crippen LogP contribution in [0, 0.1) is 0 Å². The van der Waals surface area contributed by atoms with Gasteiger partial charge in [0.25, 0.3) is 0 Å². The van der Waals surface area contributed by atoms with E-state index in [1.807, 2.05) is 19.1 Å². The van der Waals surface area contributed by atoms with E-state index < -0.39 is 0 Å². The first kappa shape index (κ1) is 15.9. The lowest BCUT2D eigenvalue weighted by Gasteiger charge is -2.20. The third-order valence-electron chi connectivity index (χ3n) is 4.23. The molecule has 1 atom stereocenters. The van der Waals surface area contributed by atoms with Crippen molar-refractivity contribution >= 4 is 5.91 Å². The average Bonchev–Trinajstić information content (AvgIpc) is 2.71. The summed E-state index contributed by atoms with van der Waals surface area (Å²) in [5, 5.41) is 0. The van der Waals surface area contributed by atoms with Crippen LogP contribution in [-0.4, -0.2) is 48.9 Å². The zero-order valence-corrected chi connectivity index (χ0v) is 13.0. The van der Waals surface area contributed by atoms with Crippen LogP contribution in [-0.2, 0) is 11.3 Å². The molecule has 1 heterocycles. The van der Waals surface area contributed by atoms with E-state index in [1.54, 1.807) is 0 Å². The summed E-state index contributed by atoms with van der Waals surface area (Å²) in [6, 6.07) is 8.28. The van der Waals surface area contributed by atoms with Crippen molar-refractivity contribution in [3.63, 3.8) is 0 Å². The topological polar surface area (TPSA) is 61.6 Å². The third kappa shape index (κ3) is 4.52. The summed E-state index contributed by atoms with van der Waals surface area (Å²) in [5.41, 5.74) is 4.50. The van der Waals surface area contributed by atoms with Gasteiger partial charge in [-0.1, -0.05) is 24.3 Å². The van der Waals surface area contributed by atoms with Gasteiger partial charge in [0.15, 0.2) is 0 Å². The third-order valence-corrected chi connectivity index (χ3v) is 4.23. The minimum Gasteiger partial charge on any atom is -0.305 e. The number of hydrazine groups is 1. The second kappa shape index (κ2) is 7.54. The number of hydrogen-bond acceptors (Lipinski definition) is 4. The van der Waals surface area contributed by atoms with Gasteiger partial charge in [0, 0.05) is 19.6 Å². The molecule has 1 amide bonds. The molecule has 1 aromatic rings. The van der Waals surface area contributed by atoms with Crippen LogP contribution in [0.4, 0.5) is 0 Å². The van der Waals surface area contributed by atoms with E-state index >= 15 is 0 Å². The van der Waals surface area contributed by atoms with Crippen LogP contribution in [0.2, 0.25) is 0 Å². The van der Waals surface area contributed by atoms with Crippen molar-refractivity contribution in [2.24, 2.45) is 5.84 Å². The zero-order chi connectivity index (χ0) is 15.2. The monoisotopic (exact) mass is 290 g/mol. The molecule has 2 rings (SSSR count). The molecular formula is C16H26N4O. The Balaban J connectivity index is 1.94. The number of rotatable bonds is 4. The maximum Gasteiger partial charge on any atom is 0.241 e. The van der Waals surface area contributed by atoms with Gasteiger partial charge in [0.2, 0.25) is 5.91 Å². The molecule has 0 aliphatic carbocycles. The van der Waals surface area contributed by atoms with Crippen LogP contribution in [0.25, 0.3) is 0 Å². The van der Waals surface area contributed by atoms with Crippen molar-refractivity contribution in [3.8, 4) is 0 Å². The fourth-order valence-corrected chi connectivity index (χ4v) is 2.70. The Labute approximate surface area is 127 Å². The Kier molecular flexibility index (Phi) is 5.73. The van der Waals surface area contributed by atoms with Gasteiger partial charge in [0.1, 0.15) is 0 Å². The van der Waals surface area contributed by atoms with Crippen molar-refractivity contribution in [1.82, 2.24) is 15.2 Å². The van der Waals surface area contributed by atoms with Gasteiger partial charge in [-0.25, -0.2) is 5.84 Å². The molecule has 0 spiro atoms. The lowest BCUT2D eigenvalue weighted by molar-refractivity contribution is -0.122. The van der Waals surface area contributed by atoms with Gasteiger partial charge in [0.05, 0.1) is 5.92 Å². The molecular weight excluding hydrogens is 264 g/mol. The van der Waals surface area contributed by atoms with E-state index in [0.717, 1.165) is 31.7 Å². The normalized spacial score (nSPS) is 19.0. The molecule has 116 valence electrons. The number of hydrogen-bond donors (Lipinski definition) is 2. The molecule has 0 radical (unpaired) electrons. The Morgan fingerprint density at radius 1 is 1.24 bits per heavy atom. The number of carbonyl (C=O) groups excluding carboxylic acids is 1. The number of carbonyl (C=O) groups is 1. The van der Waals surface area contributed by atoms with Crippen molar-refractivity contribution in [2.45, 2.75) is 25.8 Å². The van der Waals surface area contributed by atoms with E-state index in [0.29, 0.717) is 0 Å². The number of amides is 1. The van der Waals surface area contributed by atoms with Gasteiger partial charge < -0.3 is 4.90 Å². The van der Waals surface area contributed by atoms with Gasteiger partial charge in [-0.2, -0.15) is 0 Å². The molecule has 0 bridgehead atoms. The van der Waals surface area contributed by atoms with E-state index in [9.17, 15) is 4.79 Å². The van der Waals surface area contributed by atoms with Gasteiger partial charge in [-0.3, -0.25) is 15.1 Å². The lowest BCUT2D eigenvalue weighted by atomic mass is 9.99. The molecule has 3 N–H and O–H groups in total. The molecule has 1 fully saturated rings. The number of benzene rings is 1. The minimum absolute atomic E-state index is 0.154. The molecule has 1 aromatic carbocycles. The second-order valence-corrected chi connectivity index (χ2v) is 5.90. The number of nitrogens with two attached hydrogens (primary N) is 1. The van der Waals surface area contributed by atoms with Crippen LogP contribution in [0.5, 0.6) is 0 Å². The van der Waals surface area contributed by atoms with Crippen LogP contribution in [0.15, 0.2) is 24.3 Å². The fraction of sp³-hybridized carbons (Fsp3) is 0.562. The first-order valence-corrected chi connectivity index (χ1v) is 7.60. The highest BCUT2D eigenvalue weighted by atomic mass is 16.2. The first-order valence-electron chi connectivity index (χ1n) is 7.60. The van der Waals surface area contributed by atoms with Crippen molar-refractivity contribution < 1.29 is 4.79 Å². The highest BCUT2D eigenvalue weighted by Gasteiger charge is 2.15. The average molecular weight is 290 g/mol. The zero-order valence-electron chi connectivity index (χ0n) is 13.0. The maximum absolute atomic E-state index is 11.5. The van der Waals surface area contributed by atoms with Crippen molar-refractivity contribution in [1.29, 1.82) is 0 Å². The molecule has 5 heteroatoms. The standard InChI is InChI=1S/C16H26N4O/c1-13(16(21)18-17)15-6-4-14(5-7-15)12-20-9-3-8-19(2)10-11-20/h4-7,13H,3,8-12,17H2,1-2H3,(H,18,21). The highest BCUT2D eigenvalue weighted by Crippen LogP contribution is 2.17. The number of nitrogens with one attached hydrogen (secondary N) is 1. The quantitative estimate of drug-likeness (QED) is 0.492. The molecule has 1 aliphatic heterocycles. The Morgan fingerprint density at radius 2 is 1.95 bits per heavy atom. The number of likely N-dealkylation sites (N-methyl/N-ethyl adjacent to an activating group) is 1. The molecule has 1 aliphatic rings. The van der Waals surface area contributed by atoms with Crippen LogP contribution in [0.1, 0.15) is 30.4 Å². The summed E-state index contributed by atoms with van der Waals surface area (Å²) < 4.78 is 0. The predicted molar refractivity (Wildman–Crippen MR) is 84.6 cm³/mol. The summed E-state index contributed by atoms with van der Waals surface area (Å²) in [7, 11) is 2.18. The largest absolute Gasteiger partial charge is 0.305 e.